The molecule has 28 heavy (non-hydrogen) atoms. The van der Waals surface area contributed by atoms with E-state index in [2.05, 4.69) is 15.0 Å². The fourth-order valence-electron chi connectivity index (χ4n) is 2.10. The Hall–Kier alpha value is -1.28. The van der Waals surface area contributed by atoms with Crippen LogP contribution in [0.1, 0.15) is 5.56 Å². The molecule has 0 saturated heterocycles. The minimum atomic E-state index is -3.57. The molecule has 0 aliphatic heterocycles. The van der Waals surface area contributed by atoms with Crippen molar-refractivity contribution in [2.24, 2.45) is 10.7 Å². The summed E-state index contributed by atoms with van der Waals surface area (Å²) in [6.45, 7) is 0.794. The summed E-state index contributed by atoms with van der Waals surface area (Å²) in [5.74, 6) is 1.46. The smallest absolute Gasteiger partial charge is 0.250 e. The van der Waals surface area contributed by atoms with Gasteiger partial charge in [-0.25, -0.2) is 18.1 Å². The molecule has 12 heteroatoms. The summed E-state index contributed by atoms with van der Waals surface area (Å²) in [5, 5.41) is 2.86. The van der Waals surface area contributed by atoms with Crippen molar-refractivity contribution in [1.82, 2.24) is 10.0 Å². The third-order valence-corrected chi connectivity index (χ3v) is 6.60. The van der Waals surface area contributed by atoms with Crippen LogP contribution in [0.3, 0.4) is 0 Å². The summed E-state index contributed by atoms with van der Waals surface area (Å²) in [4.78, 5) is 4.22. The van der Waals surface area contributed by atoms with Crippen molar-refractivity contribution in [2.45, 2.75) is 10.8 Å². The van der Waals surface area contributed by atoms with Gasteiger partial charge in [-0.05, 0) is 29.8 Å². The van der Waals surface area contributed by atoms with Crippen molar-refractivity contribution in [3.8, 4) is 11.5 Å². The van der Waals surface area contributed by atoms with Gasteiger partial charge in [0.15, 0.2) is 17.5 Å². The maximum Gasteiger partial charge on any atom is 0.250 e. The molecule has 0 atom stereocenters. The Morgan fingerprint density at radius 2 is 1.89 bits per heavy atom. The minimum Gasteiger partial charge on any atom is -0.493 e. The lowest BCUT2D eigenvalue weighted by Crippen LogP contribution is -2.38. The standard InChI is InChI=1S/C16H21ClN4O4S2.HI/c1-24-12-4-3-11(9-13(12)25-2)10-20-16(18)19-7-8-21-27(22,23)15-6-5-14(17)26-15;/h3-6,9,21H,7-8,10H2,1-2H3,(H3,18,19,20);1H. The zero-order valence-corrected chi connectivity index (χ0v) is 20.0. The number of halogens is 2. The number of methoxy groups -OCH3 is 2. The highest BCUT2D eigenvalue weighted by molar-refractivity contribution is 14.0. The van der Waals surface area contributed by atoms with Gasteiger partial charge >= 0.3 is 0 Å². The number of guanidine groups is 1. The number of thiophene rings is 1. The predicted molar refractivity (Wildman–Crippen MR) is 123 cm³/mol. The third-order valence-electron chi connectivity index (χ3n) is 3.42. The van der Waals surface area contributed by atoms with Gasteiger partial charge in [-0.15, -0.1) is 35.3 Å². The van der Waals surface area contributed by atoms with Crippen molar-refractivity contribution in [3.05, 3.63) is 40.2 Å². The van der Waals surface area contributed by atoms with Gasteiger partial charge in [-0.2, -0.15) is 0 Å². The van der Waals surface area contributed by atoms with E-state index in [-0.39, 0.29) is 40.7 Å². The number of aliphatic imine (C=N–C) groups is 1. The number of nitrogens with one attached hydrogen (secondary N) is 2. The lowest BCUT2D eigenvalue weighted by Gasteiger charge is -2.09. The van der Waals surface area contributed by atoms with Crippen LogP contribution in [-0.4, -0.2) is 41.7 Å². The number of benzene rings is 1. The third kappa shape index (κ3) is 7.28. The van der Waals surface area contributed by atoms with E-state index in [1.165, 1.54) is 12.1 Å². The van der Waals surface area contributed by atoms with Crippen LogP contribution in [0.15, 0.2) is 39.5 Å². The number of hydrogen-bond acceptors (Lipinski definition) is 6. The van der Waals surface area contributed by atoms with Crippen LogP contribution in [0.25, 0.3) is 0 Å². The summed E-state index contributed by atoms with van der Waals surface area (Å²) in [5.41, 5.74) is 6.70. The summed E-state index contributed by atoms with van der Waals surface area (Å²) in [6.07, 6.45) is 0. The topological polar surface area (TPSA) is 115 Å². The van der Waals surface area contributed by atoms with E-state index in [9.17, 15) is 8.42 Å². The molecule has 2 aromatic rings. The average Bonchev–Trinajstić information content (AvgIpc) is 3.10. The quantitative estimate of drug-likeness (QED) is 0.188. The molecule has 0 spiro atoms. The van der Waals surface area contributed by atoms with E-state index < -0.39 is 10.0 Å². The molecule has 156 valence electrons. The summed E-state index contributed by atoms with van der Waals surface area (Å²) in [7, 11) is -0.440. The van der Waals surface area contributed by atoms with Crippen molar-refractivity contribution in [1.29, 1.82) is 0 Å². The minimum absolute atomic E-state index is 0. The van der Waals surface area contributed by atoms with Crippen molar-refractivity contribution < 1.29 is 17.9 Å². The molecule has 2 rings (SSSR count). The molecule has 1 aromatic carbocycles. The lowest BCUT2D eigenvalue weighted by atomic mass is 10.2. The van der Waals surface area contributed by atoms with Crippen LogP contribution in [0.4, 0.5) is 0 Å². The first-order valence-electron chi connectivity index (χ1n) is 7.85. The van der Waals surface area contributed by atoms with Crippen LogP contribution in [0, 0.1) is 0 Å². The molecule has 0 aliphatic carbocycles. The molecule has 0 saturated carbocycles. The Kier molecular flexibility index (Phi) is 10.3. The monoisotopic (exact) mass is 560 g/mol. The van der Waals surface area contributed by atoms with E-state index in [0.717, 1.165) is 16.9 Å². The van der Waals surface area contributed by atoms with Gasteiger partial charge in [0.1, 0.15) is 4.21 Å². The molecule has 1 heterocycles. The highest BCUT2D eigenvalue weighted by atomic mass is 127. The number of hydrogen-bond donors (Lipinski definition) is 3. The Bertz CT molecular complexity index is 906. The number of nitrogens with two attached hydrogens (primary N) is 1. The van der Waals surface area contributed by atoms with E-state index >= 15 is 0 Å². The molecule has 0 fully saturated rings. The van der Waals surface area contributed by atoms with E-state index in [1.54, 1.807) is 20.3 Å². The average molecular weight is 561 g/mol. The molecular weight excluding hydrogens is 539 g/mol. The second-order valence-electron chi connectivity index (χ2n) is 5.27. The molecule has 0 amide bonds. The van der Waals surface area contributed by atoms with Gasteiger partial charge in [0.25, 0.3) is 0 Å². The molecule has 8 nitrogen and oxygen atoms in total. The van der Waals surface area contributed by atoms with Gasteiger partial charge in [-0.1, -0.05) is 17.7 Å². The summed E-state index contributed by atoms with van der Waals surface area (Å²) >= 11 is 6.75. The Balaban J connectivity index is 0.00000392. The summed E-state index contributed by atoms with van der Waals surface area (Å²) in [6, 6.07) is 8.47. The molecule has 0 radical (unpaired) electrons. The first-order chi connectivity index (χ1) is 12.9. The predicted octanol–water partition coefficient (Wildman–Crippen LogP) is 2.42. The molecule has 1 aromatic heterocycles. The first-order valence-corrected chi connectivity index (χ1v) is 10.5. The molecule has 0 bridgehead atoms. The van der Waals surface area contributed by atoms with Crippen molar-refractivity contribution in [3.63, 3.8) is 0 Å². The van der Waals surface area contributed by atoms with E-state index in [0.29, 0.717) is 28.9 Å². The normalized spacial score (nSPS) is 11.6. The first kappa shape index (κ1) is 24.8. The van der Waals surface area contributed by atoms with Gasteiger partial charge < -0.3 is 20.5 Å². The maximum atomic E-state index is 12.0. The fourth-order valence-corrected chi connectivity index (χ4v) is 4.66. The molecule has 4 N–H and O–H groups in total. The van der Waals surface area contributed by atoms with Crippen LogP contribution in [0.2, 0.25) is 4.34 Å². The van der Waals surface area contributed by atoms with Gasteiger partial charge in [0, 0.05) is 13.1 Å². The van der Waals surface area contributed by atoms with E-state index in [1.807, 2.05) is 12.1 Å². The molecule has 0 unspecified atom stereocenters. The SMILES string of the molecule is COc1ccc(CN=C(N)NCCNS(=O)(=O)c2ccc(Cl)s2)cc1OC.I. The lowest BCUT2D eigenvalue weighted by molar-refractivity contribution is 0.354. The van der Waals surface area contributed by atoms with Crippen molar-refractivity contribution >= 4 is 62.9 Å². The van der Waals surface area contributed by atoms with E-state index in [4.69, 9.17) is 26.8 Å². The number of ether oxygens (including phenoxy) is 2. The Morgan fingerprint density at radius 3 is 2.50 bits per heavy atom. The number of sulfonamides is 1. The number of nitrogens with zero attached hydrogens (tertiary/aromatic N) is 1. The fraction of sp³-hybridized carbons (Fsp3) is 0.312. The van der Waals surface area contributed by atoms with Crippen molar-refractivity contribution in [2.75, 3.05) is 27.3 Å². The highest BCUT2D eigenvalue weighted by Gasteiger charge is 2.15. The second kappa shape index (κ2) is 11.7. The number of rotatable bonds is 9. The van der Waals surface area contributed by atoms with Crippen LogP contribution in [-0.2, 0) is 16.6 Å². The zero-order valence-electron chi connectivity index (χ0n) is 15.3. The van der Waals surface area contributed by atoms with Crippen LogP contribution < -0.4 is 25.2 Å². The molecule has 0 aliphatic rings. The summed E-state index contributed by atoms with van der Waals surface area (Å²) < 4.78 is 37.6. The molecular formula is C16H22ClIN4O4S2. The maximum absolute atomic E-state index is 12.0. The van der Waals surface area contributed by atoms with Gasteiger partial charge in [-0.3, -0.25) is 0 Å². The second-order valence-corrected chi connectivity index (χ2v) is 8.98. The van der Waals surface area contributed by atoms with Crippen LogP contribution in [0.5, 0.6) is 11.5 Å². The zero-order chi connectivity index (χ0) is 19.9. The van der Waals surface area contributed by atoms with Gasteiger partial charge in [0.05, 0.1) is 25.1 Å². The Morgan fingerprint density at radius 1 is 1.18 bits per heavy atom. The van der Waals surface area contributed by atoms with Gasteiger partial charge in [0.2, 0.25) is 10.0 Å². The Labute approximate surface area is 190 Å². The highest BCUT2D eigenvalue weighted by Crippen LogP contribution is 2.27. The largest absolute Gasteiger partial charge is 0.493 e. The van der Waals surface area contributed by atoms with Crippen LogP contribution >= 0.6 is 46.9 Å².